The van der Waals surface area contributed by atoms with Crippen LogP contribution in [-0.4, -0.2) is 9.38 Å². The minimum absolute atomic E-state index is 0.504. The lowest BCUT2D eigenvalue weighted by atomic mass is 10.1. The van der Waals surface area contributed by atoms with E-state index in [1.54, 1.807) is 6.07 Å². The third kappa shape index (κ3) is 3.18. The second kappa shape index (κ2) is 6.91. The lowest BCUT2D eigenvalue weighted by molar-refractivity contribution is 1.16. The van der Waals surface area contributed by atoms with Crippen molar-refractivity contribution in [1.82, 2.24) is 9.38 Å². The highest BCUT2D eigenvalue weighted by Crippen LogP contribution is 2.39. The summed E-state index contributed by atoms with van der Waals surface area (Å²) < 4.78 is 2.05. The zero-order chi connectivity index (χ0) is 19.1. The molecule has 0 saturated carbocycles. The smallest absolute Gasteiger partial charge is 0.143 e. The molecule has 0 spiro atoms. The molecule has 0 saturated heterocycles. The van der Waals surface area contributed by atoms with Crippen LogP contribution in [0.2, 0.25) is 10.0 Å². The van der Waals surface area contributed by atoms with Gasteiger partial charge < -0.3 is 5.32 Å². The zero-order valence-electron chi connectivity index (χ0n) is 15.3. The quantitative estimate of drug-likeness (QED) is 0.405. The molecular formula is C22H19Cl2N3. The summed E-state index contributed by atoms with van der Waals surface area (Å²) in [5.74, 6) is 0.867. The number of aromatic nitrogens is 2. The number of halogens is 2. The Labute approximate surface area is 168 Å². The molecule has 27 heavy (non-hydrogen) atoms. The van der Waals surface area contributed by atoms with Gasteiger partial charge in [-0.05, 0) is 55.7 Å². The van der Waals surface area contributed by atoms with Gasteiger partial charge in [0.05, 0.1) is 10.0 Å². The van der Waals surface area contributed by atoms with E-state index in [1.165, 1.54) is 11.1 Å². The third-order valence-electron chi connectivity index (χ3n) is 4.71. The minimum atomic E-state index is 0.504. The fourth-order valence-corrected chi connectivity index (χ4v) is 3.66. The number of hydrogen-bond donors (Lipinski definition) is 1. The van der Waals surface area contributed by atoms with Crippen LogP contribution in [0.1, 0.15) is 16.7 Å². The topological polar surface area (TPSA) is 29.3 Å². The van der Waals surface area contributed by atoms with Gasteiger partial charge in [0.1, 0.15) is 17.2 Å². The Morgan fingerprint density at radius 1 is 0.926 bits per heavy atom. The number of anilines is 2. The molecule has 5 heteroatoms. The van der Waals surface area contributed by atoms with Crippen LogP contribution in [0.15, 0.2) is 54.7 Å². The highest BCUT2D eigenvalue weighted by molar-refractivity contribution is 6.43. The molecule has 0 aliphatic heterocycles. The summed E-state index contributed by atoms with van der Waals surface area (Å²) in [5.41, 5.74) is 6.99. The fourth-order valence-electron chi connectivity index (χ4n) is 3.27. The number of hydrogen-bond acceptors (Lipinski definition) is 2. The first-order chi connectivity index (χ1) is 13.0. The van der Waals surface area contributed by atoms with Gasteiger partial charge in [-0.15, -0.1) is 0 Å². The summed E-state index contributed by atoms with van der Waals surface area (Å²) in [4.78, 5) is 4.86. The van der Waals surface area contributed by atoms with Gasteiger partial charge in [-0.2, -0.15) is 0 Å². The lowest BCUT2D eigenvalue weighted by Gasteiger charge is -2.14. The van der Waals surface area contributed by atoms with Crippen LogP contribution in [0.3, 0.4) is 0 Å². The number of benzene rings is 2. The van der Waals surface area contributed by atoms with Crippen molar-refractivity contribution in [3.63, 3.8) is 0 Å². The van der Waals surface area contributed by atoms with Gasteiger partial charge in [-0.3, -0.25) is 4.40 Å². The van der Waals surface area contributed by atoms with E-state index >= 15 is 0 Å². The van der Waals surface area contributed by atoms with Gasteiger partial charge in [0.15, 0.2) is 0 Å². The van der Waals surface area contributed by atoms with E-state index in [4.69, 9.17) is 28.2 Å². The Balaban J connectivity index is 1.99. The van der Waals surface area contributed by atoms with Crippen LogP contribution in [0.25, 0.3) is 16.9 Å². The molecule has 2 aromatic heterocycles. The monoisotopic (exact) mass is 395 g/mol. The minimum Gasteiger partial charge on any atom is -0.339 e. The number of aryl methyl sites for hydroxylation is 3. The lowest BCUT2D eigenvalue weighted by Crippen LogP contribution is -2.01. The molecule has 3 nitrogen and oxygen atoms in total. The molecule has 4 aromatic rings. The summed E-state index contributed by atoms with van der Waals surface area (Å²) in [6, 6.07) is 16.0. The largest absolute Gasteiger partial charge is 0.339 e. The van der Waals surface area contributed by atoms with Crippen molar-refractivity contribution in [2.45, 2.75) is 20.8 Å². The van der Waals surface area contributed by atoms with Crippen LogP contribution in [-0.2, 0) is 0 Å². The molecular weight excluding hydrogens is 377 g/mol. The van der Waals surface area contributed by atoms with Crippen molar-refractivity contribution in [1.29, 1.82) is 0 Å². The van der Waals surface area contributed by atoms with Gasteiger partial charge in [0.2, 0.25) is 0 Å². The molecule has 0 amide bonds. The maximum Gasteiger partial charge on any atom is 0.143 e. The van der Waals surface area contributed by atoms with Gasteiger partial charge in [-0.25, -0.2) is 4.98 Å². The van der Waals surface area contributed by atoms with E-state index in [9.17, 15) is 0 Å². The third-order valence-corrected chi connectivity index (χ3v) is 5.53. The van der Waals surface area contributed by atoms with Gasteiger partial charge >= 0.3 is 0 Å². The second-order valence-electron chi connectivity index (χ2n) is 6.73. The standard InChI is InChI=1S/C22H19Cl2N3/c1-13-10-11-27-18(12-13)25-21(16-8-5-9-17(23)19(16)24)22(27)26-20-14(2)6-4-7-15(20)3/h4-12,26H,1-3H3. The Morgan fingerprint density at radius 3 is 2.37 bits per heavy atom. The fraction of sp³-hybridized carbons (Fsp3) is 0.136. The van der Waals surface area contributed by atoms with Crippen molar-refractivity contribution in [2.75, 3.05) is 5.32 Å². The van der Waals surface area contributed by atoms with E-state index in [0.717, 1.165) is 34.0 Å². The van der Waals surface area contributed by atoms with Crippen LogP contribution in [0.4, 0.5) is 11.5 Å². The molecule has 2 heterocycles. The molecule has 0 radical (unpaired) electrons. The summed E-state index contributed by atoms with van der Waals surface area (Å²) in [6.45, 7) is 6.24. The number of pyridine rings is 1. The molecule has 0 fully saturated rings. The molecule has 0 atom stereocenters. The molecule has 2 aromatic carbocycles. The van der Waals surface area contributed by atoms with Crippen molar-refractivity contribution < 1.29 is 0 Å². The molecule has 0 aliphatic carbocycles. The van der Waals surface area contributed by atoms with Gasteiger partial charge in [0, 0.05) is 17.4 Å². The summed E-state index contributed by atoms with van der Waals surface area (Å²) in [7, 11) is 0. The van der Waals surface area contributed by atoms with E-state index in [0.29, 0.717) is 10.0 Å². The van der Waals surface area contributed by atoms with Crippen molar-refractivity contribution >= 4 is 40.4 Å². The second-order valence-corrected chi connectivity index (χ2v) is 7.52. The maximum atomic E-state index is 6.52. The molecule has 136 valence electrons. The Hall–Kier alpha value is -2.49. The SMILES string of the molecule is Cc1ccn2c(Nc3c(C)cccc3C)c(-c3cccc(Cl)c3Cl)nc2c1. The summed E-state index contributed by atoms with van der Waals surface area (Å²) in [6.07, 6.45) is 2.02. The van der Waals surface area contributed by atoms with Gasteiger partial charge in [-0.1, -0.05) is 53.5 Å². The predicted octanol–water partition coefficient (Wildman–Crippen LogP) is 6.98. The molecule has 4 rings (SSSR count). The highest BCUT2D eigenvalue weighted by Gasteiger charge is 2.19. The number of fused-ring (bicyclic) bond motifs is 1. The zero-order valence-corrected chi connectivity index (χ0v) is 16.9. The molecule has 1 N–H and O–H groups in total. The van der Waals surface area contributed by atoms with Crippen LogP contribution in [0, 0.1) is 20.8 Å². The number of para-hydroxylation sites is 1. The Kier molecular flexibility index (Phi) is 4.58. The Morgan fingerprint density at radius 2 is 1.63 bits per heavy atom. The normalized spacial score (nSPS) is 11.1. The van der Waals surface area contributed by atoms with Crippen LogP contribution < -0.4 is 5.32 Å². The first-order valence-corrected chi connectivity index (χ1v) is 9.47. The van der Waals surface area contributed by atoms with E-state index < -0.39 is 0 Å². The Bertz CT molecular complexity index is 1140. The van der Waals surface area contributed by atoms with E-state index in [2.05, 4.69) is 56.4 Å². The highest BCUT2D eigenvalue weighted by atomic mass is 35.5. The molecule has 0 unspecified atom stereocenters. The number of imidazole rings is 1. The van der Waals surface area contributed by atoms with Gasteiger partial charge in [0.25, 0.3) is 0 Å². The van der Waals surface area contributed by atoms with E-state index in [1.807, 2.05) is 22.7 Å². The average molecular weight is 396 g/mol. The maximum absolute atomic E-state index is 6.52. The molecule has 0 bridgehead atoms. The van der Waals surface area contributed by atoms with Crippen LogP contribution in [0.5, 0.6) is 0 Å². The van der Waals surface area contributed by atoms with Crippen molar-refractivity contribution in [2.24, 2.45) is 0 Å². The van der Waals surface area contributed by atoms with Crippen molar-refractivity contribution in [3.05, 3.63) is 81.5 Å². The van der Waals surface area contributed by atoms with E-state index in [-0.39, 0.29) is 0 Å². The predicted molar refractivity (Wildman–Crippen MR) is 115 cm³/mol. The average Bonchev–Trinajstić information content (AvgIpc) is 2.98. The first kappa shape index (κ1) is 17.9. The van der Waals surface area contributed by atoms with Crippen molar-refractivity contribution in [3.8, 4) is 11.3 Å². The first-order valence-electron chi connectivity index (χ1n) is 8.72. The number of nitrogens with one attached hydrogen (secondary N) is 1. The molecule has 0 aliphatic rings. The summed E-state index contributed by atoms with van der Waals surface area (Å²) in [5, 5.41) is 4.61. The van der Waals surface area contributed by atoms with Crippen LogP contribution >= 0.6 is 23.2 Å². The summed E-state index contributed by atoms with van der Waals surface area (Å²) >= 11 is 12.8. The number of rotatable bonds is 3. The number of nitrogens with zero attached hydrogens (tertiary/aromatic N) is 2.